The highest BCUT2D eigenvalue weighted by Crippen LogP contribution is 2.08. The van der Waals surface area contributed by atoms with Gasteiger partial charge in [0.1, 0.15) is 31.5 Å². The minimum atomic E-state index is -0.486. The molecule has 2 aromatic rings. The van der Waals surface area contributed by atoms with E-state index in [4.69, 9.17) is 9.15 Å². The van der Waals surface area contributed by atoms with E-state index in [0.717, 1.165) is 18.1 Å². The number of ether oxygens (including phenoxy) is 1. The van der Waals surface area contributed by atoms with Crippen molar-refractivity contribution < 1.29 is 19.6 Å². The van der Waals surface area contributed by atoms with Crippen molar-refractivity contribution in [2.75, 3.05) is 13.2 Å². The van der Waals surface area contributed by atoms with Gasteiger partial charge in [-0.25, -0.2) is 0 Å². The van der Waals surface area contributed by atoms with E-state index in [2.05, 4.69) is 0 Å². The molecule has 3 N–H and O–H groups in total. The maximum Gasteiger partial charge on any atom is 0.157 e. The van der Waals surface area contributed by atoms with E-state index in [0.29, 0.717) is 13.2 Å². The Hall–Kier alpha value is -1.78. The molecule has 0 aliphatic carbocycles. The first kappa shape index (κ1) is 12.7. The molecule has 1 atom stereocenters. The first-order valence-electron chi connectivity index (χ1n) is 6.04. The quantitative estimate of drug-likeness (QED) is 0.761. The third kappa shape index (κ3) is 4.24. The van der Waals surface area contributed by atoms with Crippen molar-refractivity contribution in [3.05, 3.63) is 54.5 Å². The van der Waals surface area contributed by atoms with Crippen molar-refractivity contribution in [1.82, 2.24) is 0 Å². The van der Waals surface area contributed by atoms with Gasteiger partial charge in [0.2, 0.25) is 0 Å². The molecule has 1 aromatic carbocycles. The average Bonchev–Trinajstić information content (AvgIpc) is 2.91. The molecule has 0 aliphatic rings. The van der Waals surface area contributed by atoms with Gasteiger partial charge in [-0.3, -0.25) is 0 Å². The molecule has 18 heavy (non-hydrogen) atoms. The number of aliphatic hydroxyl groups is 1. The standard InChI is InChI=1S/C14H17NO3/c16-12(9-15-10-14-7-4-8-17-14)11-18-13-5-2-1-3-6-13/h1-8,12,15-16H,9-11H2/p+1/t12-/m0/s1. The largest absolute Gasteiger partial charge is 0.491 e. The fraction of sp³-hybridized carbons (Fsp3) is 0.286. The van der Waals surface area contributed by atoms with E-state index < -0.39 is 6.10 Å². The highest BCUT2D eigenvalue weighted by atomic mass is 16.5. The lowest BCUT2D eigenvalue weighted by molar-refractivity contribution is -0.678. The van der Waals surface area contributed by atoms with Crippen LogP contribution in [0.4, 0.5) is 0 Å². The predicted octanol–water partition coefficient (Wildman–Crippen LogP) is 0.783. The Morgan fingerprint density at radius 3 is 2.72 bits per heavy atom. The fourth-order valence-electron chi connectivity index (χ4n) is 1.62. The summed E-state index contributed by atoms with van der Waals surface area (Å²) in [5.41, 5.74) is 0. The third-order valence-corrected chi connectivity index (χ3v) is 2.55. The van der Waals surface area contributed by atoms with Crippen LogP contribution in [-0.2, 0) is 6.54 Å². The monoisotopic (exact) mass is 248 g/mol. The summed E-state index contributed by atoms with van der Waals surface area (Å²) in [6.07, 6.45) is 1.16. The topological polar surface area (TPSA) is 59.2 Å². The van der Waals surface area contributed by atoms with E-state index >= 15 is 0 Å². The molecule has 0 aliphatic heterocycles. The summed E-state index contributed by atoms with van der Waals surface area (Å²) in [4.78, 5) is 0. The summed E-state index contributed by atoms with van der Waals surface area (Å²) in [5, 5.41) is 11.8. The van der Waals surface area contributed by atoms with E-state index in [1.54, 1.807) is 6.26 Å². The van der Waals surface area contributed by atoms with Crippen LogP contribution in [0.1, 0.15) is 5.76 Å². The van der Waals surface area contributed by atoms with Crippen LogP contribution >= 0.6 is 0 Å². The smallest absolute Gasteiger partial charge is 0.157 e. The second kappa shape index (κ2) is 6.83. The van der Waals surface area contributed by atoms with Crippen molar-refractivity contribution in [1.29, 1.82) is 0 Å². The molecule has 1 aromatic heterocycles. The van der Waals surface area contributed by atoms with Crippen molar-refractivity contribution in [2.24, 2.45) is 0 Å². The summed E-state index contributed by atoms with van der Waals surface area (Å²) < 4.78 is 10.7. The number of nitrogens with two attached hydrogens (primary N) is 1. The second-order valence-electron chi connectivity index (χ2n) is 4.09. The SMILES string of the molecule is O[C@@H](C[NH2+]Cc1ccco1)COc1ccccc1. The number of quaternary nitrogens is 1. The van der Waals surface area contributed by atoms with Gasteiger partial charge in [-0.2, -0.15) is 0 Å². The maximum atomic E-state index is 9.75. The van der Waals surface area contributed by atoms with Crippen LogP contribution in [0.3, 0.4) is 0 Å². The zero-order valence-electron chi connectivity index (χ0n) is 10.2. The molecular weight excluding hydrogens is 230 g/mol. The lowest BCUT2D eigenvalue weighted by Gasteiger charge is -2.10. The Bertz CT molecular complexity index is 428. The lowest BCUT2D eigenvalue weighted by Crippen LogP contribution is -2.85. The normalized spacial score (nSPS) is 12.3. The van der Waals surface area contributed by atoms with E-state index in [9.17, 15) is 5.11 Å². The first-order valence-corrected chi connectivity index (χ1v) is 6.04. The Morgan fingerprint density at radius 2 is 2.00 bits per heavy atom. The van der Waals surface area contributed by atoms with Gasteiger partial charge in [0, 0.05) is 0 Å². The van der Waals surface area contributed by atoms with Gasteiger partial charge in [0.25, 0.3) is 0 Å². The molecule has 0 bridgehead atoms. The molecule has 0 unspecified atom stereocenters. The minimum Gasteiger partial charge on any atom is -0.491 e. The number of benzene rings is 1. The van der Waals surface area contributed by atoms with Gasteiger partial charge in [-0.05, 0) is 24.3 Å². The second-order valence-corrected chi connectivity index (χ2v) is 4.09. The lowest BCUT2D eigenvalue weighted by atomic mass is 10.3. The van der Waals surface area contributed by atoms with Crippen LogP contribution < -0.4 is 10.1 Å². The molecule has 0 spiro atoms. The number of hydrogen-bond donors (Lipinski definition) is 2. The number of furan rings is 1. The maximum absolute atomic E-state index is 9.75. The zero-order valence-corrected chi connectivity index (χ0v) is 10.2. The summed E-state index contributed by atoms with van der Waals surface area (Å²) in [6.45, 7) is 1.63. The van der Waals surface area contributed by atoms with Crippen LogP contribution in [-0.4, -0.2) is 24.4 Å². The van der Waals surface area contributed by atoms with Crippen LogP contribution in [0.25, 0.3) is 0 Å². The van der Waals surface area contributed by atoms with E-state index in [1.165, 1.54) is 0 Å². The Morgan fingerprint density at radius 1 is 1.17 bits per heavy atom. The van der Waals surface area contributed by atoms with E-state index in [1.807, 2.05) is 47.8 Å². The zero-order chi connectivity index (χ0) is 12.6. The Balaban J connectivity index is 1.62. The number of aliphatic hydroxyl groups excluding tert-OH is 1. The highest BCUT2D eigenvalue weighted by Gasteiger charge is 2.08. The van der Waals surface area contributed by atoms with Gasteiger partial charge in [0.05, 0.1) is 6.26 Å². The number of rotatable bonds is 7. The molecule has 0 fully saturated rings. The predicted molar refractivity (Wildman–Crippen MR) is 67.1 cm³/mol. The van der Waals surface area contributed by atoms with Gasteiger partial charge in [-0.1, -0.05) is 18.2 Å². The molecule has 4 heteroatoms. The summed E-state index contributed by atoms with van der Waals surface area (Å²) >= 11 is 0. The van der Waals surface area contributed by atoms with Crippen molar-refractivity contribution in [3.63, 3.8) is 0 Å². The summed E-state index contributed by atoms with van der Waals surface area (Å²) in [7, 11) is 0. The van der Waals surface area contributed by atoms with Crippen LogP contribution in [0.15, 0.2) is 53.1 Å². The fourth-order valence-corrected chi connectivity index (χ4v) is 1.62. The van der Waals surface area contributed by atoms with Gasteiger partial charge < -0.3 is 19.6 Å². The highest BCUT2D eigenvalue weighted by molar-refractivity contribution is 5.20. The Labute approximate surface area is 106 Å². The molecule has 0 radical (unpaired) electrons. The van der Waals surface area contributed by atoms with Gasteiger partial charge in [0.15, 0.2) is 5.76 Å². The number of hydrogen-bond acceptors (Lipinski definition) is 3. The molecule has 0 saturated carbocycles. The van der Waals surface area contributed by atoms with Crippen molar-refractivity contribution >= 4 is 0 Å². The molecule has 0 amide bonds. The number of para-hydroxylation sites is 1. The molecule has 1 heterocycles. The first-order chi connectivity index (χ1) is 8.84. The molecule has 4 nitrogen and oxygen atoms in total. The van der Waals surface area contributed by atoms with E-state index in [-0.39, 0.29) is 0 Å². The summed E-state index contributed by atoms with van der Waals surface area (Å²) in [5.74, 6) is 1.69. The minimum absolute atomic E-state index is 0.304. The van der Waals surface area contributed by atoms with Crippen LogP contribution in [0.5, 0.6) is 5.75 Å². The van der Waals surface area contributed by atoms with Crippen molar-refractivity contribution in [2.45, 2.75) is 12.6 Å². The summed E-state index contributed by atoms with van der Waals surface area (Å²) in [6, 6.07) is 13.3. The van der Waals surface area contributed by atoms with Gasteiger partial charge in [-0.15, -0.1) is 0 Å². The molecule has 2 rings (SSSR count). The third-order valence-electron chi connectivity index (χ3n) is 2.55. The molecule has 96 valence electrons. The average molecular weight is 248 g/mol. The van der Waals surface area contributed by atoms with Gasteiger partial charge >= 0.3 is 0 Å². The molecule has 0 saturated heterocycles. The van der Waals surface area contributed by atoms with Crippen LogP contribution in [0, 0.1) is 0 Å². The van der Waals surface area contributed by atoms with Crippen LogP contribution in [0.2, 0.25) is 0 Å². The Kier molecular flexibility index (Phi) is 4.81. The van der Waals surface area contributed by atoms with Crippen molar-refractivity contribution in [3.8, 4) is 5.75 Å². The molecular formula is C14H18NO3+.